The molecular formula is C14H17Cl2N3O2. The highest BCUT2D eigenvalue weighted by molar-refractivity contribution is 6.34. The number of nitrogens with zero attached hydrogens (tertiary/aromatic N) is 2. The zero-order chi connectivity index (χ0) is 16.0. The molecule has 0 fully saturated rings. The minimum atomic E-state index is -0.191. The van der Waals surface area contributed by atoms with Gasteiger partial charge in [0.25, 0.3) is 0 Å². The van der Waals surface area contributed by atoms with Gasteiger partial charge in [-0.2, -0.15) is 5.10 Å². The fraction of sp³-hybridized carbons (Fsp3) is 0.286. The number of allylic oxidation sites excluding steroid dienone is 1. The summed E-state index contributed by atoms with van der Waals surface area (Å²) in [6.07, 6.45) is 1.57. The first-order valence-corrected chi connectivity index (χ1v) is 6.89. The Balaban J connectivity index is 3.54. The van der Waals surface area contributed by atoms with E-state index in [-0.39, 0.29) is 5.78 Å². The Morgan fingerprint density at radius 3 is 2.33 bits per heavy atom. The summed E-state index contributed by atoms with van der Waals surface area (Å²) in [6, 6.07) is 4.99. The maximum Gasteiger partial charge on any atom is 0.180 e. The quantitative estimate of drug-likeness (QED) is 0.494. The van der Waals surface area contributed by atoms with Crippen molar-refractivity contribution >= 4 is 40.9 Å². The minimum Gasteiger partial charge on any atom is -0.293 e. The van der Waals surface area contributed by atoms with Gasteiger partial charge in [-0.05, 0) is 25.1 Å². The predicted octanol–water partition coefficient (Wildman–Crippen LogP) is 3.34. The molecule has 0 saturated heterocycles. The van der Waals surface area contributed by atoms with E-state index in [0.717, 1.165) is 0 Å². The van der Waals surface area contributed by atoms with Gasteiger partial charge in [-0.3, -0.25) is 20.1 Å². The third-order valence-electron chi connectivity index (χ3n) is 2.62. The van der Waals surface area contributed by atoms with E-state index in [0.29, 0.717) is 27.0 Å². The van der Waals surface area contributed by atoms with Crippen molar-refractivity contribution in [2.24, 2.45) is 5.10 Å². The van der Waals surface area contributed by atoms with Crippen LogP contribution in [0, 0.1) is 0 Å². The number of ketones is 1. The molecular weight excluding hydrogens is 313 g/mol. The molecule has 0 aliphatic carbocycles. The van der Waals surface area contributed by atoms with E-state index in [9.17, 15) is 4.79 Å². The number of hydroxylamine groups is 2. The van der Waals surface area contributed by atoms with Crippen LogP contribution in [0.1, 0.15) is 19.4 Å². The molecule has 1 rings (SSSR count). The first-order chi connectivity index (χ1) is 9.90. The van der Waals surface area contributed by atoms with Gasteiger partial charge in [-0.25, -0.2) is 0 Å². The standard InChI is InChI=1S/C14H17Cl2N3O2/c1-5-17-18-13(14(9(2)20)19(3)21-4)10-6-11(15)8-12(16)7-10/h5-8,18H,1-4H3/b14-13-,17-5-. The molecule has 0 spiro atoms. The number of likely N-dealkylation sites (N-methyl/N-ethyl adjacent to an activating group) is 1. The van der Waals surface area contributed by atoms with Crippen molar-refractivity contribution in [2.45, 2.75) is 13.8 Å². The molecule has 21 heavy (non-hydrogen) atoms. The van der Waals surface area contributed by atoms with E-state index < -0.39 is 0 Å². The van der Waals surface area contributed by atoms with Crippen molar-refractivity contribution in [3.63, 3.8) is 0 Å². The molecule has 0 unspecified atom stereocenters. The first kappa shape index (κ1) is 17.5. The molecule has 0 heterocycles. The number of benzene rings is 1. The van der Waals surface area contributed by atoms with Gasteiger partial charge in [-0.15, -0.1) is 0 Å². The largest absolute Gasteiger partial charge is 0.293 e. The lowest BCUT2D eigenvalue weighted by atomic mass is 10.1. The average molecular weight is 330 g/mol. The van der Waals surface area contributed by atoms with Crippen molar-refractivity contribution in [3.05, 3.63) is 39.5 Å². The fourth-order valence-electron chi connectivity index (χ4n) is 1.73. The lowest BCUT2D eigenvalue weighted by Gasteiger charge is -2.21. The Kier molecular flexibility index (Phi) is 6.68. The van der Waals surface area contributed by atoms with Crippen LogP contribution in [0.15, 0.2) is 29.0 Å². The molecule has 0 amide bonds. The van der Waals surface area contributed by atoms with E-state index in [1.807, 2.05) is 0 Å². The summed E-state index contributed by atoms with van der Waals surface area (Å²) < 4.78 is 0. The average Bonchev–Trinajstić information content (AvgIpc) is 2.41. The van der Waals surface area contributed by atoms with Crippen LogP contribution >= 0.6 is 23.2 Å². The molecule has 0 atom stereocenters. The van der Waals surface area contributed by atoms with Crippen LogP contribution < -0.4 is 5.43 Å². The summed E-state index contributed by atoms with van der Waals surface area (Å²) >= 11 is 12.0. The Hall–Kier alpha value is -1.56. The van der Waals surface area contributed by atoms with Gasteiger partial charge in [0.05, 0.1) is 12.8 Å². The third kappa shape index (κ3) is 4.74. The van der Waals surface area contributed by atoms with Gasteiger partial charge in [0.15, 0.2) is 5.78 Å². The highest BCUT2D eigenvalue weighted by Crippen LogP contribution is 2.26. The van der Waals surface area contributed by atoms with Crippen molar-refractivity contribution in [1.82, 2.24) is 10.5 Å². The monoisotopic (exact) mass is 329 g/mol. The third-order valence-corrected chi connectivity index (χ3v) is 3.05. The maximum absolute atomic E-state index is 12.0. The summed E-state index contributed by atoms with van der Waals surface area (Å²) in [5.41, 5.74) is 4.22. The fourth-order valence-corrected chi connectivity index (χ4v) is 2.25. The molecule has 0 aliphatic heterocycles. The zero-order valence-corrected chi connectivity index (χ0v) is 13.8. The molecule has 0 bridgehead atoms. The van der Waals surface area contributed by atoms with Crippen LogP contribution in [0.5, 0.6) is 0 Å². The molecule has 5 nitrogen and oxygen atoms in total. The highest BCUT2D eigenvalue weighted by Gasteiger charge is 2.19. The summed E-state index contributed by atoms with van der Waals surface area (Å²) in [5, 5.41) is 6.24. The molecule has 0 radical (unpaired) electrons. The van der Waals surface area contributed by atoms with Crippen LogP contribution in [0.4, 0.5) is 0 Å². The Morgan fingerprint density at radius 1 is 1.33 bits per heavy atom. The Morgan fingerprint density at radius 2 is 1.90 bits per heavy atom. The van der Waals surface area contributed by atoms with Crippen LogP contribution in [-0.4, -0.2) is 31.2 Å². The second-order valence-electron chi connectivity index (χ2n) is 4.12. The molecule has 0 aliphatic rings. The number of hydrazone groups is 1. The summed E-state index contributed by atoms with van der Waals surface area (Å²) in [7, 11) is 3.09. The summed E-state index contributed by atoms with van der Waals surface area (Å²) in [6.45, 7) is 3.19. The number of rotatable bonds is 6. The Bertz CT molecular complexity index is 565. The molecule has 1 N–H and O–H groups in total. The van der Waals surface area contributed by atoms with Gasteiger partial charge in [0, 0.05) is 35.8 Å². The predicted molar refractivity (Wildman–Crippen MR) is 86.1 cm³/mol. The van der Waals surface area contributed by atoms with Crippen LogP contribution in [0.25, 0.3) is 5.70 Å². The minimum absolute atomic E-state index is 0.191. The number of hydrogen-bond acceptors (Lipinski definition) is 5. The van der Waals surface area contributed by atoms with E-state index in [4.69, 9.17) is 28.0 Å². The second-order valence-corrected chi connectivity index (χ2v) is 4.99. The molecule has 0 aromatic heterocycles. The van der Waals surface area contributed by atoms with E-state index in [2.05, 4.69) is 10.5 Å². The van der Waals surface area contributed by atoms with Crippen LogP contribution in [0.3, 0.4) is 0 Å². The lowest BCUT2D eigenvalue weighted by Crippen LogP contribution is -2.25. The molecule has 1 aromatic carbocycles. The number of nitrogens with one attached hydrogen (secondary N) is 1. The number of carbonyl (C=O) groups excluding carboxylic acids is 1. The van der Waals surface area contributed by atoms with E-state index in [1.165, 1.54) is 19.1 Å². The van der Waals surface area contributed by atoms with Gasteiger partial charge >= 0.3 is 0 Å². The number of hydrogen-bond donors (Lipinski definition) is 1. The van der Waals surface area contributed by atoms with Crippen molar-refractivity contribution in [3.8, 4) is 0 Å². The van der Waals surface area contributed by atoms with Crippen LogP contribution in [-0.2, 0) is 9.63 Å². The highest BCUT2D eigenvalue weighted by atomic mass is 35.5. The maximum atomic E-state index is 12.0. The van der Waals surface area contributed by atoms with Gasteiger partial charge < -0.3 is 0 Å². The lowest BCUT2D eigenvalue weighted by molar-refractivity contribution is -0.125. The van der Waals surface area contributed by atoms with Crippen molar-refractivity contribution in [1.29, 1.82) is 0 Å². The Labute approximate surface area is 134 Å². The van der Waals surface area contributed by atoms with Crippen molar-refractivity contribution < 1.29 is 9.63 Å². The normalized spacial score (nSPS) is 12.3. The SMILES string of the molecule is C/C=N\N/C(=C(/C(C)=O)N(C)OC)c1cc(Cl)cc(Cl)c1. The summed E-state index contributed by atoms with van der Waals surface area (Å²) in [4.78, 5) is 17.1. The topological polar surface area (TPSA) is 53.9 Å². The van der Waals surface area contributed by atoms with Gasteiger partial charge in [0.1, 0.15) is 5.70 Å². The second kappa shape index (κ2) is 8.02. The van der Waals surface area contributed by atoms with Crippen LogP contribution in [0.2, 0.25) is 10.0 Å². The number of halogens is 2. The first-order valence-electron chi connectivity index (χ1n) is 6.13. The van der Waals surface area contributed by atoms with Gasteiger partial charge in [-0.1, -0.05) is 23.2 Å². The van der Waals surface area contributed by atoms with E-state index >= 15 is 0 Å². The molecule has 0 saturated carbocycles. The van der Waals surface area contributed by atoms with Crippen molar-refractivity contribution in [2.75, 3.05) is 14.2 Å². The number of Topliss-reactive ketones (excluding diaryl/α,β-unsaturated/α-hetero) is 1. The van der Waals surface area contributed by atoms with Gasteiger partial charge in [0.2, 0.25) is 0 Å². The molecule has 7 heteroatoms. The zero-order valence-electron chi connectivity index (χ0n) is 12.3. The van der Waals surface area contributed by atoms with E-state index in [1.54, 1.807) is 38.4 Å². The number of carbonyl (C=O) groups is 1. The molecule has 114 valence electrons. The summed E-state index contributed by atoms with van der Waals surface area (Å²) in [5.74, 6) is -0.191. The molecule has 1 aromatic rings. The smallest absolute Gasteiger partial charge is 0.180 e.